The minimum absolute atomic E-state index is 0.0369. The fourth-order valence-corrected chi connectivity index (χ4v) is 4.67. The molecule has 1 heterocycles. The van der Waals surface area contributed by atoms with Gasteiger partial charge in [-0.2, -0.15) is 0 Å². The Morgan fingerprint density at radius 3 is 1.79 bits per heavy atom. The Hall–Kier alpha value is -0.910. The molecule has 24 heavy (non-hydrogen) atoms. The van der Waals surface area contributed by atoms with Crippen molar-refractivity contribution >= 4 is 22.6 Å². The number of rotatable bonds is 3. The molecule has 3 atom stereocenters. The number of alkyl halides is 1. The Balaban J connectivity index is 1.69. The molecule has 2 aromatic rings. The molecule has 2 fully saturated rings. The first kappa shape index (κ1) is 16.6. The Labute approximate surface area is 157 Å². The third-order valence-electron chi connectivity index (χ3n) is 5.34. The summed E-state index contributed by atoms with van der Waals surface area (Å²) in [5.41, 5.74) is 2.71. The predicted octanol–water partition coefficient (Wildman–Crippen LogP) is 5.84. The highest BCUT2D eigenvalue weighted by atomic mass is 127. The van der Waals surface area contributed by atoms with Crippen molar-refractivity contribution in [1.29, 1.82) is 0 Å². The molecular formula is C21H23IO2. The van der Waals surface area contributed by atoms with E-state index >= 15 is 0 Å². The van der Waals surface area contributed by atoms with E-state index in [1.807, 2.05) is 0 Å². The second-order valence-corrected chi connectivity index (χ2v) is 8.19. The fourth-order valence-electron chi connectivity index (χ4n) is 4.02. The van der Waals surface area contributed by atoms with Gasteiger partial charge < -0.3 is 9.47 Å². The van der Waals surface area contributed by atoms with E-state index in [9.17, 15) is 0 Å². The summed E-state index contributed by atoms with van der Waals surface area (Å²) in [6.07, 6.45) is 3.06. The van der Waals surface area contributed by atoms with Crippen LogP contribution in [0.2, 0.25) is 0 Å². The van der Waals surface area contributed by atoms with Crippen molar-refractivity contribution in [3.05, 3.63) is 71.8 Å². The lowest BCUT2D eigenvalue weighted by molar-refractivity contribution is -0.175. The van der Waals surface area contributed by atoms with Crippen LogP contribution in [0, 0.1) is 5.41 Å². The molecule has 0 bridgehead atoms. The second-order valence-electron chi connectivity index (χ2n) is 7.43. The Morgan fingerprint density at radius 2 is 1.38 bits per heavy atom. The molecule has 2 aliphatic rings. The average Bonchev–Trinajstić information content (AvgIpc) is 3.17. The lowest BCUT2D eigenvalue weighted by atomic mass is 9.91. The lowest BCUT2D eigenvalue weighted by Crippen LogP contribution is -2.29. The quantitative estimate of drug-likeness (QED) is 0.447. The molecule has 0 radical (unpaired) electrons. The highest BCUT2D eigenvalue weighted by molar-refractivity contribution is 14.1. The molecule has 1 aliphatic heterocycles. The van der Waals surface area contributed by atoms with Crippen LogP contribution in [0.15, 0.2) is 60.7 Å². The maximum Gasteiger partial charge on any atom is 0.170 e. The van der Waals surface area contributed by atoms with Crippen molar-refractivity contribution < 1.29 is 9.47 Å². The van der Waals surface area contributed by atoms with Crippen LogP contribution in [0.25, 0.3) is 0 Å². The molecule has 0 aromatic heterocycles. The molecule has 1 saturated heterocycles. The number of ether oxygens (including phenoxy) is 2. The van der Waals surface area contributed by atoms with Crippen molar-refractivity contribution in [2.24, 2.45) is 5.41 Å². The van der Waals surface area contributed by atoms with Gasteiger partial charge >= 0.3 is 0 Å². The molecule has 3 heteroatoms. The summed E-state index contributed by atoms with van der Waals surface area (Å²) < 4.78 is 14.4. The highest BCUT2D eigenvalue weighted by Gasteiger charge is 2.55. The normalized spacial score (nSPS) is 31.6. The zero-order valence-corrected chi connectivity index (χ0v) is 16.1. The number of hydrogen-bond acceptors (Lipinski definition) is 2. The topological polar surface area (TPSA) is 18.5 Å². The van der Waals surface area contributed by atoms with Crippen LogP contribution in [0.4, 0.5) is 0 Å². The Morgan fingerprint density at radius 1 is 0.875 bits per heavy atom. The van der Waals surface area contributed by atoms with Crippen LogP contribution < -0.4 is 0 Å². The van der Waals surface area contributed by atoms with E-state index in [1.54, 1.807) is 0 Å². The van der Waals surface area contributed by atoms with Crippen molar-refractivity contribution in [1.82, 2.24) is 0 Å². The number of hydrogen-bond donors (Lipinski definition) is 0. The zero-order chi connectivity index (χ0) is 16.6. The van der Waals surface area contributed by atoms with Gasteiger partial charge in [0.2, 0.25) is 0 Å². The fraction of sp³-hybridized carbons (Fsp3) is 0.429. The van der Waals surface area contributed by atoms with Gasteiger partial charge in [-0.25, -0.2) is 0 Å². The minimum atomic E-state index is -0.430. The summed E-state index contributed by atoms with van der Waals surface area (Å²) >= 11 is 2.50. The molecule has 2 aromatic carbocycles. The third-order valence-corrected chi connectivity index (χ3v) is 7.18. The van der Waals surface area contributed by atoms with Crippen molar-refractivity contribution in [3.8, 4) is 0 Å². The minimum Gasteiger partial charge on any atom is -0.339 e. The maximum absolute atomic E-state index is 6.63. The number of benzene rings is 2. The van der Waals surface area contributed by atoms with E-state index in [0.717, 1.165) is 17.3 Å². The van der Waals surface area contributed by atoms with Crippen LogP contribution in [0.5, 0.6) is 0 Å². The van der Waals surface area contributed by atoms with Gasteiger partial charge in [0.15, 0.2) is 5.79 Å². The molecule has 1 unspecified atom stereocenters. The molecule has 1 aliphatic carbocycles. The first-order valence-corrected chi connectivity index (χ1v) is 10.2. The Kier molecular flexibility index (Phi) is 4.43. The summed E-state index contributed by atoms with van der Waals surface area (Å²) in [5.74, 6) is -0.430. The van der Waals surface area contributed by atoms with Gasteiger partial charge in [0.25, 0.3) is 0 Å². The summed E-state index contributed by atoms with van der Waals surface area (Å²) in [6, 6.07) is 21.0. The molecular weight excluding hydrogens is 411 g/mol. The highest BCUT2D eigenvalue weighted by Crippen LogP contribution is 2.57. The van der Waals surface area contributed by atoms with E-state index in [-0.39, 0.29) is 12.2 Å². The number of halogens is 1. The van der Waals surface area contributed by atoms with E-state index in [4.69, 9.17) is 9.47 Å². The predicted molar refractivity (Wildman–Crippen MR) is 104 cm³/mol. The van der Waals surface area contributed by atoms with Gasteiger partial charge in [0, 0.05) is 17.3 Å². The Bertz CT molecular complexity index is 640. The summed E-state index contributed by atoms with van der Waals surface area (Å²) in [4.78, 5) is 0. The van der Waals surface area contributed by atoms with Crippen molar-refractivity contribution in [2.45, 2.75) is 44.2 Å². The molecule has 126 valence electrons. The molecule has 0 amide bonds. The smallest absolute Gasteiger partial charge is 0.170 e. The third kappa shape index (κ3) is 3.02. The maximum atomic E-state index is 6.63. The average molecular weight is 434 g/mol. The van der Waals surface area contributed by atoms with Gasteiger partial charge in [0.05, 0.1) is 0 Å². The van der Waals surface area contributed by atoms with Gasteiger partial charge in [-0.3, -0.25) is 0 Å². The first-order chi connectivity index (χ1) is 11.6. The van der Waals surface area contributed by atoms with Gasteiger partial charge in [0.1, 0.15) is 12.2 Å². The van der Waals surface area contributed by atoms with Crippen LogP contribution in [0.1, 0.15) is 49.5 Å². The standard InChI is InChI=1S/C21H23IO2/c1-20(15-22)12-13-21(14-20)23-18(16-8-4-2-5-9-16)19(24-21)17-10-6-3-7-11-17/h2-11,18-19H,12-15H2,1H3/t18-,19-,20?/m0/s1. The van der Waals surface area contributed by atoms with Gasteiger partial charge in [-0.05, 0) is 23.0 Å². The summed E-state index contributed by atoms with van der Waals surface area (Å²) in [7, 11) is 0. The van der Waals surface area contributed by atoms with Crippen LogP contribution in [-0.4, -0.2) is 10.2 Å². The zero-order valence-electron chi connectivity index (χ0n) is 14.0. The van der Waals surface area contributed by atoms with E-state index in [0.29, 0.717) is 5.41 Å². The first-order valence-electron chi connectivity index (χ1n) is 8.65. The molecule has 2 nitrogen and oxygen atoms in total. The SMILES string of the molecule is CC1(CI)CCC2(C1)O[C@@H](c1ccccc1)[C@H](c1ccccc1)O2. The van der Waals surface area contributed by atoms with Crippen LogP contribution >= 0.6 is 22.6 Å². The monoisotopic (exact) mass is 434 g/mol. The molecule has 0 N–H and O–H groups in total. The largest absolute Gasteiger partial charge is 0.339 e. The van der Waals surface area contributed by atoms with Gasteiger partial charge in [-0.15, -0.1) is 0 Å². The lowest BCUT2D eigenvalue weighted by Gasteiger charge is -2.26. The summed E-state index contributed by atoms with van der Waals surface area (Å²) in [6.45, 7) is 2.36. The van der Waals surface area contributed by atoms with Gasteiger partial charge in [-0.1, -0.05) is 90.2 Å². The van der Waals surface area contributed by atoms with E-state index in [2.05, 4.69) is 90.2 Å². The van der Waals surface area contributed by atoms with Crippen molar-refractivity contribution in [2.75, 3.05) is 4.43 Å². The van der Waals surface area contributed by atoms with E-state index < -0.39 is 5.79 Å². The van der Waals surface area contributed by atoms with Crippen LogP contribution in [0.3, 0.4) is 0 Å². The summed E-state index contributed by atoms with van der Waals surface area (Å²) in [5, 5.41) is 0. The molecule has 1 saturated carbocycles. The molecule has 4 rings (SSSR count). The van der Waals surface area contributed by atoms with Crippen molar-refractivity contribution in [3.63, 3.8) is 0 Å². The second kappa shape index (κ2) is 6.43. The van der Waals surface area contributed by atoms with Crippen LogP contribution in [-0.2, 0) is 9.47 Å². The molecule has 1 spiro atoms. The van der Waals surface area contributed by atoms with E-state index in [1.165, 1.54) is 17.5 Å².